The number of rotatable bonds is 9. The molecule has 36 heavy (non-hydrogen) atoms. The molecule has 0 saturated carbocycles. The number of hydrogen-bond acceptors (Lipinski definition) is 6. The van der Waals surface area contributed by atoms with Gasteiger partial charge in [-0.3, -0.25) is 4.79 Å². The van der Waals surface area contributed by atoms with Gasteiger partial charge in [-0.15, -0.1) is 0 Å². The van der Waals surface area contributed by atoms with E-state index >= 15 is 0 Å². The summed E-state index contributed by atoms with van der Waals surface area (Å²) in [5.41, 5.74) is 7.84. The van der Waals surface area contributed by atoms with Crippen LogP contribution in [0.1, 0.15) is 50.7 Å². The van der Waals surface area contributed by atoms with Crippen molar-refractivity contribution in [2.24, 2.45) is 11.1 Å². The van der Waals surface area contributed by atoms with Crippen LogP contribution in [0, 0.1) is 5.41 Å². The van der Waals surface area contributed by atoms with Gasteiger partial charge in [0.25, 0.3) is 0 Å². The smallest absolute Gasteiger partial charge is 0.237 e. The Hall–Kier alpha value is -1.87. The van der Waals surface area contributed by atoms with E-state index in [0.717, 1.165) is 11.1 Å². The Bertz CT molecular complexity index is 1060. The Morgan fingerprint density at radius 2 is 1.92 bits per heavy atom. The quantitative estimate of drug-likeness (QED) is 0.333. The Morgan fingerprint density at radius 3 is 2.53 bits per heavy atom. The number of nitrogens with one attached hydrogen (secondary N) is 2. The molecule has 0 aromatic heterocycles. The standard InChI is InChI=1S/C27H37Cl2N3O4/c1-26(2,3)14-22-27(30,20-9-8-18(29)13-21(20)36-4)23(16-6-5-7-17(28)12-16)24(32-22)25(35)31-11-10-19(34)15-33/h5-9,12-13,19,22-24,32-34H,10-11,14-15,30H2,1-4H3,(H,31,35)/t19-,22-,23-,24-,27+/m0/s1. The minimum atomic E-state index is -1.06. The molecule has 198 valence electrons. The highest BCUT2D eigenvalue weighted by Crippen LogP contribution is 2.50. The summed E-state index contributed by atoms with van der Waals surface area (Å²) in [7, 11) is 1.57. The Balaban J connectivity index is 2.15. The lowest BCUT2D eigenvalue weighted by atomic mass is 9.68. The van der Waals surface area contributed by atoms with Gasteiger partial charge in [0.1, 0.15) is 5.75 Å². The molecule has 7 nitrogen and oxygen atoms in total. The van der Waals surface area contributed by atoms with Gasteiger partial charge in [-0.2, -0.15) is 0 Å². The Morgan fingerprint density at radius 1 is 1.22 bits per heavy atom. The number of carbonyl (C=O) groups excluding carboxylic acids is 1. The predicted molar refractivity (Wildman–Crippen MR) is 144 cm³/mol. The van der Waals surface area contributed by atoms with Gasteiger partial charge in [0, 0.05) is 34.1 Å². The van der Waals surface area contributed by atoms with Crippen molar-refractivity contribution >= 4 is 29.1 Å². The SMILES string of the molecule is COc1cc(Cl)ccc1[C@@]1(N)[C@H](CC(C)(C)C)N[C@H](C(=O)NCC[C@H](O)CO)[C@@H]1c1cccc(Cl)c1. The predicted octanol–water partition coefficient (Wildman–Crippen LogP) is 3.58. The van der Waals surface area contributed by atoms with Crippen LogP contribution in [-0.4, -0.2) is 54.6 Å². The molecule has 9 heteroatoms. The summed E-state index contributed by atoms with van der Waals surface area (Å²) in [4.78, 5) is 13.6. The van der Waals surface area contributed by atoms with Crippen LogP contribution < -0.4 is 21.1 Å². The average Bonchev–Trinajstić information content (AvgIpc) is 3.10. The van der Waals surface area contributed by atoms with Crippen LogP contribution in [0.2, 0.25) is 10.0 Å². The molecule has 5 atom stereocenters. The van der Waals surface area contributed by atoms with Crippen LogP contribution in [-0.2, 0) is 10.3 Å². The third kappa shape index (κ3) is 6.33. The Kier molecular flexibility index (Phi) is 9.30. The molecule has 1 fully saturated rings. The molecule has 6 N–H and O–H groups in total. The lowest BCUT2D eigenvalue weighted by molar-refractivity contribution is -0.123. The number of carbonyl (C=O) groups is 1. The minimum absolute atomic E-state index is 0.0998. The summed E-state index contributed by atoms with van der Waals surface area (Å²) in [5, 5.41) is 26.3. The number of halogens is 2. The molecule has 0 aliphatic carbocycles. The van der Waals surface area contributed by atoms with Gasteiger partial charge in [0.2, 0.25) is 5.91 Å². The van der Waals surface area contributed by atoms with Crippen LogP contribution in [0.15, 0.2) is 42.5 Å². The van der Waals surface area contributed by atoms with Gasteiger partial charge < -0.3 is 31.3 Å². The second-order valence-corrected chi connectivity index (χ2v) is 11.6. The highest BCUT2D eigenvalue weighted by atomic mass is 35.5. The molecule has 0 radical (unpaired) electrons. The fourth-order valence-electron chi connectivity index (χ4n) is 5.12. The first kappa shape index (κ1) is 28.7. The average molecular weight is 539 g/mol. The zero-order chi connectivity index (χ0) is 26.7. The minimum Gasteiger partial charge on any atom is -0.496 e. The van der Waals surface area contributed by atoms with Crippen molar-refractivity contribution in [1.82, 2.24) is 10.6 Å². The first-order valence-electron chi connectivity index (χ1n) is 12.1. The molecule has 2 aromatic rings. The zero-order valence-electron chi connectivity index (χ0n) is 21.2. The number of amides is 1. The fourth-order valence-corrected chi connectivity index (χ4v) is 5.48. The summed E-state index contributed by atoms with van der Waals surface area (Å²) < 4.78 is 5.72. The molecule has 1 heterocycles. The van der Waals surface area contributed by atoms with Crippen molar-refractivity contribution in [2.45, 2.75) is 63.3 Å². The molecule has 0 spiro atoms. The molecule has 0 unspecified atom stereocenters. The van der Waals surface area contributed by atoms with E-state index in [1.165, 1.54) is 0 Å². The summed E-state index contributed by atoms with van der Waals surface area (Å²) in [6.07, 6.45) is 0.0199. The summed E-state index contributed by atoms with van der Waals surface area (Å²) in [6, 6.07) is 11.8. The Labute approximate surface area is 223 Å². The maximum Gasteiger partial charge on any atom is 0.237 e. The van der Waals surface area contributed by atoms with E-state index in [1.807, 2.05) is 24.3 Å². The van der Waals surface area contributed by atoms with Crippen molar-refractivity contribution in [3.8, 4) is 5.75 Å². The molecule has 2 aromatic carbocycles. The number of hydrogen-bond donors (Lipinski definition) is 5. The summed E-state index contributed by atoms with van der Waals surface area (Å²) in [5.74, 6) is -0.199. The van der Waals surface area contributed by atoms with Crippen LogP contribution >= 0.6 is 23.2 Å². The third-order valence-corrected chi connectivity index (χ3v) is 7.20. The van der Waals surface area contributed by atoms with Gasteiger partial charge >= 0.3 is 0 Å². The molecular weight excluding hydrogens is 501 g/mol. The van der Waals surface area contributed by atoms with Crippen molar-refractivity contribution in [3.05, 3.63) is 63.6 Å². The van der Waals surface area contributed by atoms with Gasteiger partial charge in [0.15, 0.2) is 0 Å². The van der Waals surface area contributed by atoms with E-state index in [9.17, 15) is 9.90 Å². The van der Waals surface area contributed by atoms with E-state index in [-0.39, 0.29) is 36.9 Å². The number of benzene rings is 2. The third-order valence-electron chi connectivity index (χ3n) is 6.73. The van der Waals surface area contributed by atoms with E-state index in [1.54, 1.807) is 25.3 Å². The monoisotopic (exact) mass is 537 g/mol. The largest absolute Gasteiger partial charge is 0.496 e. The molecule has 0 bridgehead atoms. The van der Waals surface area contributed by atoms with Crippen molar-refractivity contribution in [2.75, 3.05) is 20.3 Å². The normalized spacial score (nSPS) is 25.0. The molecule has 1 aliphatic heterocycles. The van der Waals surface area contributed by atoms with Gasteiger partial charge in [-0.1, -0.05) is 62.2 Å². The van der Waals surface area contributed by atoms with Gasteiger partial charge in [-0.25, -0.2) is 0 Å². The molecule has 1 aliphatic rings. The van der Waals surface area contributed by atoms with Gasteiger partial charge in [0.05, 0.1) is 31.4 Å². The number of aliphatic hydroxyl groups excluding tert-OH is 2. The van der Waals surface area contributed by atoms with Crippen LogP contribution in [0.5, 0.6) is 5.75 Å². The molecule has 3 rings (SSSR count). The molecule has 1 amide bonds. The van der Waals surface area contributed by atoms with Crippen molar-refractivity contribution in [3.63, 3.8) is 0 Å². The van der Waals surface area contributed by atoms with Crippen LogP contribution in [0.4, 0.5) is 0 Å². The van der Waals surface area contributed by atoms with Crippen LogP contribution in [0.25, 0.3) is 0 Å². The highest BCUT2D eigenvalue weighted by Gasteiger charge is 2.57. The first-order valence-corrected chi connectivity index (χ1v) is 12.9. The number of nitrogens with two attached hydrogens (primary N) is 1. The van der Waals surface area contributed by atoms with E-state index in [4.69, 9.17) is 38.8 Å². The summed E-state index contributed by atoms with van der Waals surface area (Å²) in [6.45, 7) is 6.25. The second kappa shape index (κ2) is 11.7. The fraction of sp³-hybridized carbons (Fsp3) is 0.519. The number of ether oxygens (including phenoxy) is 1. The summed E-state index contributed by atoms with van der Waals surface area (Å²) >= 11 is 12.7. The van der Waals surface area contributed by atoms with Crippen LogP contribution in [0.3, 0.4) is 0 Å². The maximum atomic E-state index is 13.6. The molecule has 1 saturated heterocycles. The van der Waals surface area contributed by atoms with E-state index in [0.29, 0.717) is 22.2 Å². The second-order valence-electron chi connectivity index (χ2n) is 10.7. The highest BCUT2D eigenvalue weighted by molar-refractivity contribution is 6.31. The van der Waals surface area contributed by atoms with E-state index < -0.39 is 23.6 Å². The van der Waals surface area contributed by atoms with Gasteiger partial charge in [-0.05, 0) is 48.1 Å². The van der Waals surface area contributed by atoms with Crippen molar-refractivity contribution < 1.29 is 19.7 Å². The first-order chi connectivity index (χ1) is 16.9. The number of aliphatic hydroxyl groups is 2. The lowest BCUT2D eigenvalue weighted by Gasteiger charge is -2.40. The maximum absolute atomic E-state index is 13.6. The molecular formula is C27H37Cl2N3O4. The lowest BCUT2D eigenvalue weighted by Crippen LogP contribution is -2.52. The topological polar surface area (TPSA) is 117 Å². The zero-order valence-corrected chi connectivity index (χ0v) is 22.7. The van der Waals surface area contributed by atoms with Crippen molar-refractivity contribution in [1.29, 1.82) is 0 Å². The number of methoxy groups -OCH3 is 1. The van der Waals surface area contributed by atoms with E-state index in [2.05, 4.69) is 31.4 Å².